The number of rotatable bonds is 4. The molecule has 1 aliphatic carbocycles. The summed E-state index contributed by atoms with van der Waals surface area (Å²) >= 11 is 6.17. The van der Waals surface area contributed by atoms with E-state index in [4.69, 9.17) is 16.7 Å². The maximum Gasteiger partial charge on any atom is 0.335 e. The second-order valence-electron chi connectivity index (χ2n) is 5.07. The first-order valence-electron chi connectivity index (χ1n) is 6.47. The van der Waals surface area contributed by atoms with Gasteiger partial charge >= 0.3 is 5.97 Å². The molecule has 1 fully saturated rings. The number of aromatic carboxylic acids is 1. The molecule has 0 aromatic heterocycles. The molecule has 3 rings (SSSR count). The van der Waals surface area contributed by atoms with Crippen LogP contribution in [0.3, 0.4) is 0 Å². The molecule has 1 aliphatic rings. The Hall–Kier alpha value is -2.00. The van der Waals surface area contributed by atoms with Crippen LogP contribution in [0, 0.1) is 0 Å². The molecular weight excluding hydrogens is 274 g/mol. The Morgan fingerprint density at radius 3 is 2.45 bits per heavy atom. The molecule has 2 aromatic rings. The van der Waals surface area contributed by atoms with E-state index >= 15 is 0 Å². The zero-order valence-electron chi connectivity index (χ0n) is 10.8. The molecule has 0 heterocycles. The third-order valence-corrected chi connectivity index (χ3v) is 3.99. The summed E-state index contributed by atoms with van der Waals surface area (Å²) in [6, 6.07) is 14.9. The molecule has 0 amide bonds. The maximum absolute atomic E-state index is 11.0. The molecule has 2 aromatic carbocycles. The molecule has 0 radical (unpaired) electrons. The van der Waals surface area contributed by atoms with E-state index in [0.29, 0.717) is 10.7 Å². The minimum absolute atomic E-state index is 0.109. The normalized spacial score (nSPS) is 15.7. The van der Waals surface area contributed by atoms with Crippen molar-refractivity contribution in [2.75, 3.05) is 5.32 Å². The van der Waals surface area contributed by atoms with E-state index < -0.39 is 5.97 Å². The molecule has 0 unspecified atom stereocenters. The number of halogens is 1. The Morgan fingerprint density at radius 2 is 1.85 bits per heavy atom. The molecule has 4 heteroatoms. The van der Waals surface area contributed by atoms with Crippen LogP contribution in [0.1, 0.15) is 28.8 Å². The molecule has 20 heavy (non-hydrogen) atoms. The Morgan fingerprint density at radius 1 is 1.15 bits per heavy atom. The summed E-state index contributed by atoms with van der Waals surface area (Å²) in [6.07, 6.45) is 2.04. The molecule has 3 nitrogen and oxygen atoms in total. The standard InChI is InChI=1S/C16H14ClNO2/c17-13-7-6-11(15(19)20)10-14(13)18-16(8-9-16)12-4-2-1-3-5-12/h1-7,10,18H,8-9H2,(H,19,20). The van der Waals surface area contributed by atoms with Crippen molar-refractivity contribution in [1.29, 1.82) is 0 Å². The second kappa shape index (κ2) is 4.84. The predicted molar refractivity (Wildman–Crippen MR) is 79.4 cm³/mol. The summed E-state index contributed by atoms with van der Waals surface area (Å²) in [6.45, 7) is 0. The molecule has 0 bridgehead atoms. The number of carboxylic acid groups (broad SMARTS) is 1. The Balaban J connectivity index is 1.92. The van der Waals surface area contributed by atoms with Crippen molar-refractivity contribution in [1.82, 2.24) is 0 Å². The first kappa shape index (κ1) is 13.0. The van der Waals surface area contributed by atoms with Crippen LogP contribution >= 0.6 is 11.6 Å². The van der Waals surface area contributed by atoms with E-state index in [2.05, 4.69) is 17.4 Å². The summed E-state index contributed by atoms with van der Waals surface area (Å²) in [4.78, 5) is 11.0. The van der Waals surface area contributed by atoms with Crippen molar-refractivity contribution in [3.63, 3.8) is 0 Å². The SMILES string of the molecule is O=C(O)c1ccc(Cl)c(NC2(c3ccccc3)CC2)c1. The fourth-order valence-corrected chi connectivity index (χ4v) is 2.54. The number of benzene rings is 2. The van der Waals surface area contributed by atoms with Gasteiger partial charge in [0.25, 0.3) is 0 Å². The lowest BCUT2D eigenvalue weighted by Crippen LogP contribution is -2.19. The smallest absolute Gasteiger partial charge is 0.335 e. The average molecular weight is 288 g/mol. The quantitative estimate of drug-likeness (QED) is 0.888. The lowest BCUT2D eigenvalue weighted by molar-refractivity contribution is 0.0697. The summed E-state index contributed by atoms with van der Waals surface area (Å²) in [5.74, 6) is -0.950. The van der Waals surface area contributed by atoms with Crippen LogP contribution in [0.5, 0.6) is 0 Å². The zero-order chi connectivity index (χ0) is 14.2. The molecule has 102 valence electrons. The fourth-order valence-electron chi connectivity index (χ4n) is 2.38. The molecule has 0 atom stereocenters. The number of anilines is 1. The van der Waals surface area contributed by atoms with Gasteiger partial charge in [0, 0.05) is 0 Å². The highest BCUT2D eigenvalue weighted by atomic mass is 35.5. The molecule has 0 aliphatic heterocycles. The predicted octanol–water partition coefficient (Wildman–Crippen LogP) is 4.14. The van der Waals surface area contributed by atoms with E-state index in [1.807, 2.05) is 18.2 Å². The van der Waals surface area contributed by atoms with Crippen molar-refractivity contribution >= 4 is 23.3 Å². The fraction of sp³-hybridized carbons (Fsp3) is 0.188. The van der Waals surface area contributed by atoms with Gasteiger partial charge < -0.3 is 10.4 Å². The number of hydrogen-bond donors (Lipinski definition) is 2. The highest BCUT2D eigenvalue weighted by Crippen LogP contribution is 2.49. The minimum Gasteiger partial charge on any atom is -0.478 e. The Labute approximate surface area is 122 Å². The number of carbonyl (C=O) groups is 1. The van der Waals surface area contributed by atoms with Gasteiger partial charge in [-0.05, 0) is 36.6 Å². The van der Waals surface area contributed by atoms with Crippen LogP contribution in [0.25, 0.3) is 0 Å². The van der Waals surface area contributed by atoms with Crippen molar-refractivity contribution in [3.05, 3.63) is 64.7 Å². The van der Waals surface area contributed by atoms with Crippen molar-refractivity contribution in [2.45, 2.75) is 18.4 Å². The number of hydrogen-bond acceptors (Lipinski definition) is 2. The average Bonchev–Trinajstić information content (AvgIpc) is 3.23. The van der Waals surface area contributed by atoms with Crippen molar-refractivity contribution < 1.29 is 9.90 Å². The van der Waals surface area contributed by atoms with Crippen LogP contribution in [0.15, 0.2) is 48.5 Å². The van der Waals surface area contributed by atoms with Crippen molar-refractivity contribution in [2.24, 2.45) is 0 Å². The number of nitrogens with one attached hydrogen (secondary N) is 1. The largest absolute Gasteiger partial charge is 0.478 e. The minimum atomic E-state index is -0.950. The lowest BCUT2D eigenvalue weighted by atomic mass is 10.0. The number of carboxylic acids is 1. The van der Waals surface area contributed by atoms with Crippen LogP contribution in [-0.4, -0.2) is 11.1 Å². The van der Waals surface area contributed by atoms with Gasteiger partial charge in [0.2, 0.25) is 0 Å². The first-order chi connectivity index (χ1) is 9.61. The van der Waals surface area contributed by atoms with Crippen LogP contribution in [-0.2, 0) is 5.54 Å². The highest BCUT2D eigenvalue weighted by Gasteiger charge is 2.44. The lowest BCUT2D eigenvalue weighted by Gasteiger charge is -2.20. The summed E-state index contributed by atoms with van der Waals surface area (Å²) in [5, 5.41) is 13.0. The molecular formula is C16H14ClNO2. The molecule has 2 N–H and O–H groups in total. The third kappa shape index (κ3) is 2.37. The molecule has 0 saturated heterocycles. The Kier molecular flexibility index (Phi) is 3.14. The highest BCUT2D eigenvalue weighted by molar-refractivity contribution is 6.33. The maximum atomic E-state index is 11.0. The second-order valence-corrected chi connectivity index (χ2v) is 5.48. The zero-order valence-corrected chi connectivity index (χ0v) is 11.5. The summed E-state index contributed by atoms with van der Waals surface area (Å²) in [7, 11) is 0. The molecule has 1 saturated carbocycles. The van der Waals surface area contributed by atoms with Crippen LogP contribution < -0.4 is 5.32 Å². The van der Waals surface area contributed by atoms with Gasteiger partial charge in [0.1, 0.15) is 0 Å². The van der Waals surface area contributed by atoms with Gasteiger partial charge in [-0.25, -0.2) is 4.79 Å². The third-order valence-electron chi connectivity index (χ3n) is 3.66. The van der Waals surface area contributed by atoms with E-state index in [-0.39, 0.29) is 11.1 Å². The van der Waals surface area contributed by atoms with Crippen molar-refractivity contribution in [3.8, 4) is 0 Å². The van der Waals surface area contributed by atoms with Gasteiger partial charge in [-0.1, -0.05) is 41.9 Å². The van der Waals surface area contributed by atoms with E-state index in [9.17, 15) is 4.79 Å². The van der Waals surface area contributed by atoms with Gasteiger partial charge in [-0.2, -0.15) is 0 Å². The molecule has 0 spiro atoms. The van der Waals surface area contributed by atoms with Crippen LogP contribution in [0.4, 0.5) is 5.69 Å². The van der Waals surface area contributed by atoms with Crippen LogP contribution in [0.2, 0.25) is 5.02 Å². The van der Waals surface area contributed by atoms with Gasteiger partial charge in [-0.15, -0.1) is 0 Å². The van der Waals surface area contributed by atoms with Gasteiger partial charge in [-0.3, -0.25) is 0 Å². The first-order valence-corrected chi connectivity index (χ1v) is 6.85. The Bertz CT molecular complexity index is 651. The van der Waals surface area contributed by atoms with E-state index in [1.54, 1.807) is 12.1 Å². The topological polar surface area (TPSA) is 49.3 Å². The van der Waals surface area contributed by atoms with E-state index in [1.165, 1.54) is 11.6 Å². The summed E-state index contributed by atoms with van der Waals surface area (Å²) in [5.41, 5.74) is 2.01. The van der Waals surface area contributed by atoms with E-state index in [0.717, 1.165) is 12.8 Å². The van der Waals surface area contributed by atoms with Gasteiger partial charge in [0.15, 0.2) is 0 Å². The monoisotopic (exact) mass is 287 g/mol. The van der Waals surface area contributed by atoms with Gasteiger partial charge in [0.05, 0.1) is 21.8 Å². The summed E-state index contributed by atoms with van der Waals surface area (Å²) < 4.78 is 0.